The molecule has 0 radical (unpaired) electrons. The number of carbonyl (C=O) groups is 1. The van der Waals surface area contributed by atoms with Crippen LogP contribution in [0.25, 0.3) is 0 Å². The summed E-state index contributed by atoms with van der Waals surface area (Å²) in [5, 5.41) is 20.7. The Kier molecular flexibility index (Phi) is 4.22. The predicted octanol–water partition coefficient (Wildman–Crippen LogP) is 2.71. The van der Waals surface area contributed by atoms with Crippen molar-refractivity contribution in [2.24, 2.45) is 0 Å². The Labute approximate surface area is 117 Å². The van der Waals surface area contributed by atoms with Crippen molar-refractivity contribution >= 4 is 11.6 Å². The average molecular weight is 278 g/mol. The summed E-state index contributed by atoms with van der Waals surface area (Å²) in [4.78, 5) is 24.3. The fourth-order valence-corrected chi connectivity index (χ4v) is 2.79. The number of aromatic hydroxyl groups is 1. The second-order valence-corrected chi connectivity index (χ2v) is 4.96. The minimum atomic E-state index is -0.683. The third kappa shape index (κ3) is 2.59. The van der Waals surface area contributed by atoms with Crippen molar-refractivity contribution in [3.8, 4) is 5.75 Å². The zero-order valence-electron chi connectivity index (χ0n) is 11.4. The molecule has 1 aliphatic carbocycles. The first-order chi connectivity index (χ1) is 9.56. The molecule has 1 aromatic carbocycles. The van der Waals surface area contributed by atoms with Crippen molar-refractivity contribution in [1.29, 1.82) is 0 Å². The van der Waals surface area contributed by atoms with Gasteiger partial charge >= 0.3 is 5.69 Å². The van der Waals surface area contributed by atoms with Crippen molar-refractivity contribution in [1.82, 2.24) is 4.90 Å². The Morgan fingerprint density at radius 1 is 1.45 bits per heavy atom. The molecule has 1 saturated carbocycles. The summed E-state index contributed by atoms with van der Waals surface area (Å²) in [5.74, 6) is -0.875. The first-order valence-corrected chi connectivity index (χ1v) is 6.83. The number of carbonyl (C=O) groups excluding carboxylic acids is 1. The number of hydrogen-bond acceptors (Lipinski definition) is 4. The highest BCUT2D eigenvalue weighted by atomic mass is 16.6. The molecule has 0 saturated heterocycles. The Hall–Kier alpha value is -2.11. The maximum Gasteiger partial charge on any atom is 0.311 e. The summed E-state index contributed by atoms with van der Waals surface area (Å²) in [7, 11) is 0. The van der Waals surface area contributed by atoms with Crippen LogP contribution < -0.4 is 0 Å². The number of rotatable bonds is 4. The smallest absolute Gasteiger partial charge is 0.311 e. The lowest BCUT2D eigenvalue weighted by Crippen LogP contribution is -2.38. The van der Waals surface area contributed by atoms with Crippen molar-refractivity contribution in [2.45, 2.75) is 38.6 Å². The molecule has 0 heterocycles. The van der Waals surface area contributed by atoms with Gasteiger partial charge in [0, 0.05) is 18.7 Å². The summed E-state index contributed by atoms with van der Waals surface area (Å²) in [6, 6.07) is 4.22. The molecular formula is C14H18N2O4. The molecule has 1 aromatic rings. The molecule has 6 heteroatoms. The van der Waals surface area contributed by atoms with Gasteiger partial charge < -0.3 is 10.0 Å². The van der Waals surface area contributed by atoms with Gasteiger partial charge in [0.15, 0.2) is 0 Å². The zero-order valence-corrected chi connectivity index (χ0v) is 11.4. The number of phenolic OH excluding ortho intramolecular Hbond substituents is 1. The normalized spacial score (nSPS) is 15.2. The lowest BCUT2D eigenvalue weighted by molar-refractivity contribution is -0.385. The van der Waals surface area contributed by atoms with Crippen LogP contribution in [-0.2, 0) is 0 Å². The van der Waals surface area contributed by atoms with Crippen molar-refractivity contribution in [3.05, 3.63) is 33.9 Å². The van der Waals surface area contributed by atoms with Gasteiger partial charge in [-0.3, -0.25) is 14.9 Å². The maximum atomic E-state index is 12.5. The second kappa shape index (κ2) is 5.90. The lowest BCUT2D eigenvalue weighted by Gasteiger charge is -2.27. The van der Waals surface area contributed by atoms with Gasteiger partial charge in [0.25, 0.3) is 5.91 Å². The van der Waals surface area contributed by atoms with Crippen molar-refractivity contribution in [2.75, 3.05) is 6.54 Å². The highest BCUT2D eigenvalue weighted by Gasteiger charge is 2.29. The molecule has 0 spiro atoms. The second-order valence-electron chi connectivity index (χ2n) is 4.96. The van der Waals surface area contributed by atoms with E-state index >= 15 is 0 Å². The van der Waals surface area contributed by atoms with Crippen molar-refractivity contribution < 1.29 is 14.8 Å². The number of hydrogen-bond donors (Lipinski definition) is 1. The first kappa shape index (κ1) is 14.3. The largest absolute Gasteiger partial charge is 0.502 e. The van der Waals surface area contributed by atoms with Crippen molar-refractivity contribution in [3.63, 3.8) is 0 Å². The predicted molar refractivity (Wildman–Crippen MR) is 73.7 cm³/mol. The monoisotopic (exact) mass is 278 g/mol. The number of benzene rings is 1. The quantitative estimate of drug-likeness (QED) is 0.678. The van der Waals surface area contributed by atoms with Crippen LogP contribution in [0.15, 0.2) is 18.2 Å². The number of nitrogens with zero attached hydrogens (tertiary/aromatic N) is 2. The van der Waals surface area contributed by atoms with Crippen LogP contribution in [0.2, 0.25) is 0 Å². The van der Waals surface area contributed by atoms with Gasteiger partial charge in [-0.1, -0.05) is 18.9 Å². The van der Waals surface area contributed by atoms with E-state index in [-0.39, 0.29) is 17.5 Å². The van der Waals surface area contributed by atoms with Crippen LogP contribution in [0, 0.1) is 10.1 Å². The average Bonchev–Trinajstić information content (AvgIpc) is 2.93. The van der Waals surface area contributed by atoms with E-state index in [1.165, 1.54) is 18.2 Å². The molecule has 0 atom stereocenters. The van der Waals surface area contributed by atoms with E-state index in [2.05, 4.69) is 0 Å². The Balaban J connectivity index is 2.32. The molecule has 6 nitrogen and oxygen atoms in total. The van der Waals surface area contributed by atoms with Crippen LogP contribution in [0.1, 0.15) is 43.0 Å². The summed E-state index contributed by atoms with van der Waals surface area (Å²) in [6.45, 7) is 2.41. The van der Waals surface area contributed by atoms with Crippen LogP contribution in [-0.4, -0.2) is 33.4 Å². The SMILES string of the molecule is CCN(C(=O)c1cccc([N+](=O)[O-])c1O)C1CCCC1. The van der Waals surface area contributed by atoms with E-state index in [1.807, 2.05) is 6.92 Å². The van der Waals surface area contributed by atoms with E-state index in [4.69, 9.17) is 0 Å². The molecular weight excluding hydrogens is 260 g/mol. The van der Waals surface area contributed by atoms with Crippen LogP contribution >= 0.6 is 0 Å². The minimum absolute atomic E-state index is 0.00736. The number of nitro benzene ring substituents is 1. The Bertz CT molecular complexity index is 524. The number of para-hydroxylation sites is 1. The van der Waals surface area contributed by atoms with Gasteiger partial charge in [0.1, 0.15) is 0 Å². The van der Waals surface area contributed by atoms with Crippen LogP contribution in [0.5, 0.6) is 5.75 Å². The molecule has 1 amide bonds. The van der Waals surface area contributed by atoms with Gasteiger partial charge in [-0.25, -0.2) is 0 Å². The summed E-state index contributed by atoms with van der Waals surface area (Å²) < 4.78 is 0. The molecule has 0 unspecified atom stereocenters. The molecule has 108 valence electrons. The zero-order chi connectivity index (χ0) is 14.7. The van der Waals surface area contributed by atoms with E-state index < -0.39 is 16.4 Å². The molecule has 0 bridgehead atoms. The van der Waals surface area contributed by atoms with Crippen LogP contribution in [0.4, 0.5) is 5.69 Å². The highest BCUT2D eigenvalue weighted by Crippen LogP contribution is 2.32. The molecule has 2 rings (SSSR count). The highest BCUT2D eigenvalue weighted by molar-refractivity contribution is 5.98. The topological polar surface area (TPSA) is 83.7 Å². The summed E-state index contributed by atoms with van der Waals surface area (Å²) in [6.07, 6.45) is 4.09. The molecule has 1 fully saturated rings. The summed E-state index contributed by atoms with van der Waals surface area (Å²) in [5.41, 5.74) is -0.425. The standard InChI is InChI=1S/C14H18N2O4/c1-2-15(10-6-3-4-7-10)14(18)11-8-5-9-12(13(11)17)16(19)20/h5,8-10,17H,2-4,6-7H2,1H3. The van der Waals surface area contributed by atoms with E-state index in [0.29, 0.717) is 6.54 Å². The fraction of sp³-hybridized carbons (Fsp3) is 0.500. The maximum absolute atomic E-state index is 12.5. The number of amides is 1. The first-order valence-electron chi connectivity index (χ1n) is 6.83. The van der Waals surface area contributed by atoms with Gasteiger partial charge in [-0.15, -0.1) is 0 Å². The molecule has 0 aromatic heterocycles. The molecule has 0 aliphatic heterocycles. The molecule has 20 heavy (non-hydrogen) atoms. The van der Waals surface area contributed by atoms with E-state index in [9.17, 15) is 20.0 Å². The van der Waals surface area contributed by atoms with E-state index in [1.54, 1.807) is 4.90 Å². The van der Waals surface area contributed by atoms with Gasteiger partial charge in [0.05, 0.1) is 10.5 Å². The fourth-order valence-electron chi connectivity index (χ4n) is 2.79. The van der Waals surface area contributed by atoms with Crippen LogP contribution in [0.3, 0.4) is 0 Å². The lowest BCUT2D eigenvalue weighted by atomic mass is 10.1. The van der Waals surface area contributed by atoms with Gasteiger partial charge in [-0.05, 0) is 25.8 Å². The number of phenols is 1. The van der Waals surface area contributed by atoms with E-state index in [0.717, 1.165) is 25.7 Å². The summed E-state index contributed by atoms with van der Waals surface area (Å²) >= 11 is 0. The Morgan fingerprint density at radius 3 is 2.65 bits per heavy atom. The Morgan fingerprint density at radius 2 is 2.10 bits per heavy atom. The third-order valence-electron chi connectivity index (χ3n) is 3.81. The minimum Gasteiger partial charge on any atom is -0.502 e. The third-order valence-corrected chi connectivity index (χ3v) is 3.81. The van der Waals surface area contributed by atoms with Gasteiger partial charge in [-0.2, -0.15) is 0 Å². The number of nitro groups is 1. The molecule has 1 N–H and O–H groups in total. The van der Waals surface area contributed by atoms with Gasteiger partial charge in [0.2, 0.25) is 5.75 Å². The molecule has 1 aliphatic rings.